The molecule has 0 aliphatic carbocycles. The van der Waals surface area contributed by atoms with Crippen molar-refractivity contribution in [3.8, 4) is 0 Å². The molecule has 0 saturated heterocycles. The predicted octanol–water partition coefficient (Wildman–Crippen LogP) is 2.30. The maximum atomic E-state index is 10.0. The van der Waals surface area contributed by atoms with Crippen LogP contribution in [0.15, 0.2) is 0 Å². The van der Waals surface area contributed by atoms with Crippen LogP contribution in [0, 0.1) is 0 Å². The fourth-order valence-electron chi connectivity index (χ4n) is 0.529. The minimum absolute atomic E-state index is 0.165. The van der Waals surface area contributed by atoms with E-state index in [9.17, 15) is 9.59 Å². The highest BCUT2D eigenvalue weighted by Crippen LogP contribution is 2.22. The van der Waals surface area contributed by atoms with Gasteiger partial charge in [-0.2, -0.15) is 0 Å². The average Bonchev–Trinajstić information content (AvgIpc) is 1.95. The Morgan fingerprint density at radius 2 is 1.83 bits per heavy atom. The Hall–Kier alpha value is -0.360. The first kappa shape index (κ1) is 11.6. The van der Waals surface area contributed by atoms with E-state index < -0.39 is 11.3 Å². The Morgan fingerprint density at radius 3 is 2.33 bits per heavy atom. The molecule has 0 aliphatic heterocycles. The van der Waals surface area contributed by atoms with Gasteiger partial charge >= 0.3 is 11.3 Å². The monoisotopic (exact) mass is 210 g/mol. The Kier molecular flexibility index (Phi) is 7.08. The van der Waals surface area contributed by atoms with E-state index >= 15 is 0 Å². The van der Waals surface area contributed by atoms with Gasteiger partial charge in [0.25, 0.3) is 0 Å². The minimum atomic E-state index is -0.904. The number of rotatable bonds is 6. The van der Waals surface area contributed by atoms with Crippen molar-refractivity contribution in [1.29, 1.82) is 0 Å². The van der Waals surface area contributed by atoms with Gasteiger partial charge < -0.3 is 10.2 Å². The molecule has 0 amide bonds. The molecule has 2 N–H and O–H groups in total. The van der Waals surface area contributed by atoms with Gasteiger partial charge in [0.2, 0.25) is 0 Å². The van der Waals surface area contributed by atoms with Crippen molar-refractivity contribution in [1.82, 2.24) is 0 Å². The van der Waals surface area contributed by atoms with Crippen LogP contribution in [0.3, 0.4) is 0 Å². The largest absolute Gasteiger partial charge is 0.481 e. The molecule has 0 aliphatic rings. The summed E-state index contributed by atoms with van der Waals surface area (Å²) in [7, 11) is 2.01. The molecule has 0 fully saturated rings. The second-order valence-electron chi connectivity index (χ2n) is 2.02. The minimum Gasteiger partial charge on any atom is -0.481 e. The van der Waals surface area contributed by atoms with Gasteiger partial charge in [-0.1, -0.05) is 10.8 Å². The maximum Gasteiger partial charge on any atom is 0.375 e. The molecule has 0 heterocycles. The lowest BCUT2D eigenvalue weighted by molar-refractivity contribution is -0.137. The van der Waals surface area contributed by atoms with Gasteiger partial charge in [-0.15, -0.1) is 0 Å². The lowest BCUT2D eigenvalue weighted by atomic mass is 10.3. The molecule has 0 atom stereocenters. The highest BCUT2D eigenvalue weighted by molar-refractivity contribution is 8.82. The van der Waals surface area contributed by atoms with E-state index in [0.29, 0.717) is 12.2 Å². The third kappa shape index (κ3) is 9.64. The fourth-order valence-corrected chi connectivity index (χ4v) is 1.94. The Morgan fingerprint density at radius 1 is 1.17 bits per heavy atom. The summed E-state index contributed by atoms with van der Waals surface area (Å²) >= 11 is 0. The van der Waals surface area contributed by atoms with Crippen LogP contribution in [0.1, 0.15) is 19.3 Å². The number of aliphatic carboxylic acids is 1. The topological polar surface area (TPSA) is 74.6 Å². The molecule has 0 bridgehead atoms. The zero-order chi connectivity index (χ0) is 9.40. The SMILES string of the molecule is O=C(O)CCCCSSC(=O)O. The first-order valence-corrected chi connectivity index (χ1v) is 5.69. The summed E-state index contributed by atoms with van der Waals surface area (Å²) in [6.07, 6.45) is 1.53. The molecule has 6 heteroatoms. The van der Waals surface area contributed by atoms with Gasteiger partial charge in [0.1, 0.15) is 0 Å². The summed E-state index contributed by atoms with van der Waals surface area (Å²) < 4.78 is 0. The summed E-state index contributed by atoms with van der Waals surface area (Å²) in [5, 5.41) is 15.6. The van der Waals surface area contributed by atoms with Crippen LogP contribution in [-0.4, -0.2) is 27.2 Å². The molecule has 0 spiro atoms. The van der Waals surface area contributed by atoms with E-state index in [-0.39, 0.29) is 6.42 Å². The lowest BCUT2D eigenvalue weighted by Crippen LogP contribution is -1.94. The van der Waals surface area contributed by atoms with Crippen LogP contribution < -0.4 is 0 Å². The van der Waals surface area contributed by atoms with Gasteiger partial charge in [-0.05, 0) is 12.8 Å². The Labute approximate surface area is 78.1 Å². The third-order valence-corrected chi connectivity index (χ3v) is 3.00. The molecule has 0 saturated carbocycles. The molecule has 4 nitrogen and oxygen atoms in total. The van der Waals surface area contributed by atoms with Crippen molar-refractivity contribution in [3.05, 3.63) is 0 Å². The third-order valence-electron chi connectivity index (χ3n) is 0.999. The van der Waals surface area contributed by atoms with Gasteiger partial charge in [-0.3, -0.25) is 4.79 Å². The number of carbonyl (C=O) groups is 2. The zero-order valence-corrected chi connectivity index (χ0v) is 7.99. The van der Waals surface area contributed by atoms with E-state index in [0.717, 1.165) is 17.2 Å². The molecule has 0 unspecified atom stereocenters. The van der Waals surface area contributed by atoms with Crippen molar-refractivity contribution < 1.29 is 19.8 Å². The Balaban J connectivity index is 3.01. The van der Waals surface area contributed by atoms with Crippen LogP contribution in [0.25, 0.3) is 0 Å². The summed E-state index contributed by atoms with van der Waals surface area (Å²) in [4.78, 5) is 20.0. The molecule has 0 rings (SSSR count). The number of carboxylic acid groups (broad SMARTS) is 2. The molecular weight excluding hydrogens is 200 g/mol. The highest BCUT2D eigenvalue weighted by atomic mass is 33.1. The van der Waals surface area contributed by atoms with Crippen LogP contribution in [-0.2, 0) is 4.79 Å². The maximum absolute atomic E-state index is 10.0. The lowest BCUT2D eigenvalue weighted by Gasteiger charge is -1.95. The van der Waals surface area contributed by atoms with Crippen LogP contribution in [0.2, 0.25) is 0 Å². The van der Waals surface area contributed by atoms with E-state index in [4.69, 9.17) is 10.2 Å². The van der Waals surface area contributed by atoms with E-state index in [1.165, 1.54) is 10.8 Å². The van der Waals surface area contributed by atoms with Gasteiger partial charge in [0, 0.05) is 23.0 Å². The van der Waals surface area contributed by atoms with Crippen molar-refractivity contribution in [2.45, 2.75) is 19.3 Å². The smallest absolute Gasteiger partial charge is 0.375 e. The number of hydrogen-bond donors (Lipinski definition) is 2. The molecule has 0 aromatic rings. The van der Waals surface area contributed by atoms with Gasteiger partial charge in [0.15, 0.2) is 0 Å². The van der Waals surface area contributed by atoms with E-state index in [1.807, 2.05) is 0 Å². The second kappa shape index (κ2) is 7.30. The first-order valence-electron chi connectivity index (χ1n) is 3.37. The van der Waals surface area contributed by atoms with Crippen LogP contribution in [0.4, 0.5) is 4.79 Å². The number of hydrogen-bond acceptors (Lipinski definition) is 4. The fraction of sp³-hybridized carbons (Fsp3) is 0.667. The normalized spacial score (nSPS) is 9.67. The second-order valence-corrected chi connectivity index (χ2v) is 4.39. The summed E-state index contributed by atoms with van der Waals surface area (Å²) in [6, 6.07) is 0. The molecule has 0 aromatic heterocycles. The quantitative estimate of drug-likeness (QED) is 0.517. The van der Waals surface area contributed by atoms with Crippen molar-refractivity contribution in [3.63, 3.8) is 0 Å². The van der Waals surface area contributed by atoms with Gasteiger partial charge in [-0.25, -0.2) is 4.79 Å². The molecule has 0 radical (unpaired) electrons. The van der Waals surface area contributed by atoms with E-state index in [1.54, 1.807) is 0 Å². The van der Waals surface area contributed by atoms with Crippen LogP contribution >= 0.6 is 21.6 Å². The predicted molar refractivity (Wildman–Crippen MR) is 49.6 cm³/mol. The van der Waals surface area contributed by atoms with Crippen molar-refractivity contribution in [2.75, 3.05) is 5.75 Å². The van der Waals surface area contributed by atoms with E-state index in [2.05, 4.69) is 0 Å². The Bertz CT molecular complexity index is 142. The van der Waals surface area contributed by atoms with Gasteiger partial charge in [0.05, 0.1) is 0 Å². The average molecular weight is 210 g/mol. The standard InChI is InChI=1S/C6H10O4S2/c7-5(8)3-1-2-4-11-12-6(9)10/h1-4H2,(H,7,8)(H,9,10). The molecular formula is C6H10O4S2. The molecule has 0 aromatic carbocycles. The molecule has 12 heavy (non-hydrogen) atoms. The van der Waals surface area contributed by atoms with Crippen molar-refractivity contribution >= 4 is 32.9 Å². The number of carboxylic acids is 1. The summed E-state index contributed by atoms with van der Waals surface area (Å²) in [5.74, 6) is -0.115. The van der Waals surface area contributed by atoms with Crippen LogP contribution in [0.5, 0.6) is 0 Å². The summed E-state index contributed by atoms with van der Waals surface area (Å²) in [5.41, 5.74) is 0. The number of unbranched alkanes of at least 4 members (excludes halogenated alkanes) is 1. The van der Waals surface area contributed by atoms with Crippen molar-refractivity contribution in [2.24, 2.45) is 0 Å². The summed E-state index contributed by atoms with van der Waals surface area (Å²) in [6.45, 7) is 0. The highest BCUT2D eigenvalue weighted by Gasteiger charge is 1.99. The first-order chi connectivity index (χ1) is 5.63. The molecule has 70 valence electrons. The zero-order valence-electron chi connectivity index (χ0n) is 6.36.